The normalized spacial score (nSPS) is 11.4. The lowest BCUT2D eigenvalue weighted by Gasteiger charge is -2.15. The largest absolute Gasteiger partial charge is 0.496 e. The number of carbonyl (C=O) groups is 2. The highest BCUT2D eigenvalue weighted by Gasteiger charge is 2.13. The molecule has 180 valence electrons. The van der Waals surface area contributed by atoms with Crippen molar-refractivity contribution in [2.45, 2.75) is 32.4 Å². The minimum absolute atomic E-state index is 0.0417. The number of rotatable bonds is 10. The average molecular weight is 469 g/mol. The third kappa shape index (κ3) is 6.97. The second-order valence-corrected chi connectivity index (χ2v) is 7.36. The number of amides is 3. The summed E-state index contributed by atoms with van der Waals surface area (Å²) in [5.41, 5.74) is 2.59. The first-order chi connectivity index (χ1) is 16.5. The number of aromatic nitrogens is 1. The number of aliphatic hydroxyl groups is 1. The lowest BCUT2D eigenvalue weighted by Crippen LogP contribution is -2.29. The fourth-order valence-electron chi connectivity index (χ4n) is 3.23. The smallest absolute Gasteiger partial charge is 0.407 e. The standard InChI is InChI=1S/C24H28N4O6/c1-3-19(9-10-29)34-24(31)26-13-16-5-4-6-17(11-16)27-23(30)28-18-7-8-20(21(12-18)32-2)22-14-25-15-33-22/h4-8,11-12,14-15,19,29H,3,9-10,13H2,1-2H3,(H,26,31)(H2,27,28,30). The van der Waals surface area contributed by atoms with E-state index >= 15 is 0 Å². The molecule has 0 spiro atoms. The molecule has 0 fully saturated rings. The minimum Gasteiger partial charge on any atom is -0.496 e. The SMILES string of the molecule is CCC(CCO)OC(=O)NCc1cccc(NC(=O)Nc2ccc(-c3cnco3)c(OC)c2)c1. The summed E-state index contributed by atoms with van der Waals surface area (Å²) in [6, 6.07) is 11.8. The van der Waals surface area contributed by atoms with E-state index in [2.05, 4.69) is 20.9 Å². The number of hydrogen-bond acceptors (Lipinski definition) is 7. The number of oxazole rings is 1. The summed E-state index contributed by atoms with van der Waals surface area (Å²) >= 11 is 0. The van der Waals surface area contributed by atoms with Crippen LogP contribution in [0.3, 0.4) is 0 Å². The molecule has 0 saturated carbocycles. The van der Waals surface area contributed by atoms with Crippen molar-refractivity contribution < 1.29 is 28.6 Å². The van der Waals surface area contributed by atoms with Crippen molar-refractivity contribution in [3.63, 3.8) is 0 Å². The molecule has 0 saturated heterocycles. The van der Waals surface area contributed by atoms with E-state index in [4.69, 9.17) is 19.0 Å². The van der Waals surface area contributed by atoms with Crippen LogP contribution in [-0.2, 0) is 11.3 Å². The summed E-state index contributed by atoms with van der Waals surface area (Å²) in [6.45, 7) is 2.07. The first-order valence-corrected chi connectivity index (χ1v) is 10.8. The Morgan fingerprint density at radius 1 is 1.15 bits per heavy atom. The maximum Gasteiger partial charge on any atom is 0.407 e. The molecule has 0 bridgehead atoms. The van der Waals surface area contributed by atoms with Gasteiger partial charge in [0.1, 0.15) is 11.9 Å². The number of alkyl carbamates (subject to hydrolysis) is 1. The lowest BCUT2D eigenvalue weighted by molar-refractivity contribution is 0.0779. The van der Waals surface area contributed by atoms with E-state index in [1.807, 2.05) is 13.0 Å². The molecular formula is C24H28N4O6. The number of aliphatic hydroxyl groups excluding tert-OH is 1. The molecular weight excluding hydrogens is 440 g/mol. The molecule has 1 unspecified atom stereocenters. The van der Waals surface area contributed by atoms with Gasteiger partial charge in [0.15, 0.2) is 12.2 Å². The summed E-state index contributed by atoms with van der Waals surface area (Å²) in [5.74, 6) is 1.08. The van der Waals surface area contributed by atoms with Gasteiger partial charge in [-0.2, -0.15) is 0 Å². The zero-order valence-corrected chi connectivity index (χ0v) is 19.0. The van der Waals surface area contributed by atoms with Crippen LogP contribution in [0.15, 0.2) is 59.5 Å². The Balaban J connectivity index is 1.55. The average Bonchev–Trinajstić information content (AvgIpc) is 3.37. The highest BCUT2D eigenvalue weighted by molar-refractivity contribution is 6.00. The van der Waals surface area contributed by atoms with Crippen molar-refractivity contribution in [3.05, 3.63) is 60.6 Å². The summed E-state index contributed by atoms with van der Waals surface area (Å²) in [7, 11) is 1.53. The molecule has 1 heterocycles. The molecule has 3 aromatic rings. The third-order valence-corrected chi connectivity index (χ3v) is 4.96. The Labute approximate surface area is 197 Å². The molecule has 2 aromatic carbocycles. The van der Waals surface area contributed by atoms with E-state index in [-0.39, 0.29) is 19.3 Å². The Kier molecular flexibility index (Phi) is 8.87. The van der Waals surface area contributed by atoms with Crippen LogP contribution in [0.5, 0.6) is 5.75 Å². The summed E-state index contributed by atoms with van der Waals surface area (Å²) in [6.07, 6.45) is 3.05. The van der Waals surface area contributed by atoms with Crippen molar-refractivity contribution in [2.75, 3.05) is 24.4 Å². The Hall–Kier alpha value is -4.05. The molecule has 3 amide bonds. The molecule has 0 aliphatic rings. The van der Waals surface area contributed by atoms with Gasteiger partial charge in [0, 0.05) is 37.0 Å². The van der Waals surface area contributed by atoms with Gasteiger partial charge in [-0.25, -0.2) is 14.6 Å². The molecule has 0 aliphatic heterocycles. The second-order valence-electron chi connectivity index (χ2n) is 7.36. The van der Waals surface area contributed by atoms with Gasteiger partial charge in [0.2, 0.25) is 0 Å². The number of nitrogens with one attached hydrogen (secondary N) is 3. The van der Waals surface area contributed by atoms with Crippen LogP contribution in [0.1, 0.15) is 25.3 Å². The molecule has 0 aliphatic carbocycles. The summed E-state index contributed by atoms with van der Waals surface area (Å²) in [4.78, 5) is 28.4. The van der Waals surface area contributed by atoms with Crippen LogP contribution in [0.25, 0.3) is 11.3 Å². The molecule has 1 aromatic heterocycles. The fraction of sp³-hybridized carbons (Fsp3) is 0.292. The van der Waals surface area contributed by atoms with E-state index in [1.165, 1.54) is 13.5 Å². The number of carbonyl (C=O) groups excluding carboxylic acids is 2. The van der Waals surface area contributed by atoms with Crippen molar-refractivity contribution in [1.82, 2.24) is 10.3 Å². The Bertz CT molecular complexity index is 1090. The topological polar surface area (TPSA) is 135 Å². The van der Waals surface area contributed by atoms with Gasteiger partial charge < -0.3 is 34.9 Å². The maximum absolute atomic E-state index is 12.5. The highest BCUT2D eigenvalue weighted by Crippen LogP contribution is 2.32. The van der Waals surface area contributed by atoms with Crippen LogP contribution < -0.4 is 20.7 Å². The quantitative estimate of drug-likeness (QED) is 0.347. The third-order valence-electron chi connectivity index (χ3n) is 4.96. The van der Waals surface area contributed by atoms with Crippen molar-refractivity contribution in [3.8, 4) is 17.1 Å². The number of urea groups is 1. The van der Waals surface area contributed by atoms with Crippen LogP contribution in [-0.4, -0.2) is 42.0 Å². The fourth-order valence-corrected chi connectivity index (χ4v) is 3.23. The zero-order chi connectivity index (χ0) is 24.3. The number of ether oxygens (including phenoxy) is 2. The number of hydrogen-bond donors (Lipinski definition) is 4. The monoisotopic (exact) mass is 468 g/mol. The summed E-state index contributed by atoms with van der Waals surface area (Å²) in [5, 5.41) is 17.2. The van der Waals surface area contributed by atoms with E-state index in [1.54, 1.807) is 42.6 Å². The number of anilines is 2. The second kappa shape index (κ2) is 12.3. The van der Waals surface area contributed by atoms with Crippen LogP contribution in [0.2, 0.25) is 0 Å². The maximum atomic E-state index is 12.5. The molecule has 34 heavy (non-hydrogen) atoms. The van der Waals surface area contributed by atoms with Gasteiger partial charge in [0.25, 0.3) is 0 Å². The Morgan fingerprint density at radius 3 is 2.62 bits per heavy atom. The van der Waals surface area contributed by atoms with Gasteiger partial charge in [-0.1, -0.05) is 19.1 Å². The van der Waals surface area contributed by atoms with E-state index in [0.717, 1.165) is 5.56 Å². The van der Waals surface area contributed by atoms with Crippen LogP contribution in [0.4, 0.5) is 21.0 Å². The van der Waals surface area contributed by atoms with E-state index < -0.39 is 12.1 Å². The molecule has 4 N–H and O–H groups in total. The molecule has 10 nitrogen and oxygen atoms in total. The van der Waals surface area contributed by atoms with Crippen molar-refractivity contribution in [2.24, 2.45) is 0 Å². The molecule has 1 atom stereocenters. The van der Waals surface area contributed by atoms with Gasteiger partial charge in [-0.15, -0.1) is 0 Å². The first-order valence-electron chi connectivity index (χ1n) is 10.8. The lowest BCUT2D eigenvalue weighted by atomic mass is 10.1. The van der Waals surface area contributed by atoms with E-state index in [0.29, 0.717) is 41.3 Å². The predicted octanol–water partition coefficient (Wildman–Crippen LogP) is 4.38. The highest BCUT2D eigenvalue weighted by atomic mass is 16.6. The number of nitrogens with zero attached hydrogens (tertiary/aromatic N) is 1. The molecule has 10 heteroatoms. The minimum atomic E-state index is -0.556. The van der Waals surface area contributed by atoms with Gasteiger partial charge in [-0.05, 0) is 36.2 Å². The molecule has 0 radical (unpaired) electrons. The number of benzene rings is 2. The van der Waals surface area contributed by atoms with Gasteiger partial charge >= 0.3 is 12.1 Å². The van der Waals surface area contributed by atoms with Crippen LogP contribution >= 0.6 is 0 Å². The predicted molar refractivity (Wildman–Crippen MR) is 127 cm³/mol. The first kappa shape index (κ1) is 24.6. The van der Waals surface area contributed by atoms with Crippen molar-refractivity contribution in [1.29, 1.82) is 0 Å². The van der Waals surface area contributed by atoms with Gasteiger partial charge in [0.05, 0.1) is 18.9 Å². The number of methoxy groups -OCH3 is 1. The molecule has 3 rings (SSSR count). The van der Waals surface area contributed by atoms with Crippen molar-refractivity contribution >= 4 is 23.5 Å². The Morgan fingerprint density at radius 2 is 1.94 bits per heavy atom. The zero-order valence-electron chi connectivity index (χ0n) is 19.0. The van der Waals surface area contributed by atoms with Crippen LogP contribution in [0, 0.1) is 0 Å². The summed E-state index contributed by atoms with van der Waals surface area (Å²) < 4.78 is 16.0. The van der Waals surface area contributed by atoms with Gasteiger partial charge in [-0.3, -0.25) is 0 Å². The van der Waals surface area contributed by atoms with E-state index in [9.17, 15) is 9.59 Å².